The average Bonchev–Trinajstić information content (AvgIpc) is 2.70. The maximum absolute atomic E-state index is 9.80. The topological polar surface area (TPSA) is 35.8 Å². The highest BCUT2D eigenvalue weighted by Gasteiger charge is 2.40. The van der Waals surface area contributed by atoms with E-state index >= 15 is 0 Å². The van der Waals surface area contributed by atoms with Crippen molar-refractivity contribution in [1.82, 2.24) is 4.90 Å². The number of unbranched alkanes of at least 4 members (excludes halogenated alkanes) is 2. The molecular formula is C23H30N2O. The minimum Gasteiger partial charge on any atom is -0.411 e. The molecule has 1 fully saturated rings. The highest BCUT2D eigenvalue weighted by atomic mass is 16.4. The summed E-state index contributed by atoms with van der Waals surface area (Å²) in [5.74, 6) is 0.263. The number of piperidine rings is 1. The minimum absolute atomic E-state index is 0.231. The maximum atomic E-state index is 9.80. The molecule has 26 heavy (non-hydrogen) atoms. The van der Waals surface area contributed by atoms with E-state index < -0.39 is 0 Å². The SMILES string of the molecule is CCCCC[C@@H]1/C(=N\O)C[C@@H](c2ccccc2)N(C)[C@H]1c1ccccc1. The summed E-state index contributed by atoms with van der Waals surface area (Å²) in [7, 11) is 2.22. The van der Waals surface area contributed by atoms with E-state index in [1.165, 1.54) is 30.4 Å². The highest BCUT2D eigenvalue weighted by molar-refractivity contribution is 5.88. The van der Waals surface area contributed by atoms with Gasteiger partial charge in [0, 0.05) is 24.4 Å². The van der Waals surface area contributed by atoms with Crippen molar-refractivity contribution >= 4 is 5.71 Å². The van der Waals surface area contributed by atoms with Crippen LogP contribution in [0.3, 0.4) is 0 Å². The van der Waals surface area contributed by atoms with Crippen molar-refractivity contribution in [1.29, 1.82) is 0 Å². The first-order valence-electron chi connectivity index (χ1n) is 9.79. The quantitative estimate of drug-likeness (QED) is 0.404. The predicted octanol–water partition coefficient (Wildman–Crippen LogP) is 5.83. The molecule has 3 heteroatoms. The molecule has 1 aliphatic heterocycles. The zero-order chi connectivity index (χ0) is 18.4. The van der Waals surface area contributed by atoms with E-state index in [1.54, 1.807) is 0 Å². The molecule has 0 saturated carbocycles. The Morgan fingerprint density at radius 3 is 2.15 bits per heavy atom. The lowest BCUT2D eigenvalue weighted by Crippen LogP contribution is -2.43. The summed E-state index contributed by atoms with van der Waals surface area (Å²) in [5, 5.41) is 13.6. The van der Waals surface area contributed by atoms with Gasteiger partial charge in [0.2, 0.25) is 0 Å². The summed E-state index contributed by atoms with van der Waals surface area (Å²) in [6.07, 6.45) is 5.46. The van der Waals surface area contributed by atoms with Crippen LogP contribution in [-0.2, 0) is 0 Å². The molecular weight excluding hydrogens is 320 g/mol. The molecule has 0 bridgehead atoms. The van der Waals surface area contributed by atoms with E-state index in [1.807, 2.05) is 0 Å². The first-order chi connectivity index (χ1) is 12.8. The molecule has 3 rings (SSSR count). The lowest BCUT2D eigenvalue weighted by molar-refractivity contribution is 0.117. The molecule has 0 aliphatic carbocycles. The third-order valence-electron chi connectivity index (χ3n) is 5.71. The summed E-state index contributed by atoms with van der Waals surface area (Å²) in [4.78, 5) is 2.48. The van der Waals surface area contributed by atoms with Gasteiger partial charge in [-0.25, -0.2) is 0 Å². The van der Waals surface area contributed by atoms with Crippen molar-refractivity contribution in [3.63, 3.8) is 0 Å². The second kappa shape index (κ2) is 9.00. The zero-order valence-corrected chi connectivity index (χ0v) is 15.9. The van der Waals surface area contributed by atoms with Crippen LogP contribution in [0.4, 0.5) is 0 Å². The van der Waals surface area contributed by atoms with Gasteiger partial charge < -0.3 is 5.21 Å². The van der Waals surface area contributed by atoms with Crippen molar-refractivity contribution in [2.24, 2.45) is 11.1 Å². The third kappa shape index (κ3) is 3.99. The average molecular weight is 351 g/mol. The van der Waals surface area contributed by atoms with Crippen LogP contribution in [0.25, 0.3) is 0 Å². The number of oxime groups is 1. The molecule has 3 atom stereocenters. The summed E-state index contributed by atoms with van der Waals surface area (Å²) in [6.45, 7) is 2.23. The van der Waals surface area contributed by atoms with Crippen LogP contribution in [-0.4, -0.2) is 22.9 Å². The van der Waals surface area contributed by atoms with Crippen LogP contribution in [0.1, 0.15) is 62.2 Å². The predicted molar refractivity (Wildman–Crippen MR) is 108 cm³/mol. The molecule has 0 spiro atoms. The Morgan fingerprint density at radius 2 is 1.58 bits per heavy atom. The molecule has 3 nitrogen and oxygen atoms in total. The number of hydrogen-bond donors (Lipinski definition) is 1. The Hall–Kier alpha value is -2.13. The normalized spacial score (nSPS) is 25.5. The maximum Gasteiger partial charge on any atom is 0.0639 e. The van der Waals surface area contributed by atoms with Gasteiger partial charge in [0.05, 0.1) is 5.71 Å². The minimum atomic E-state index is 0.231. The fraction of sp³-hybridized carbons (Fsp3) is 0.435. The number of likely N-dealkylation sites (tertiary alicyclic amines) is 1. The van der Waals surface area contributed by atoms with Crippen molar-refractivity contribution in [3.05, 3.63) is 71.8 Å². The number of hydrogen-bond acceptors (Lipinski definition) is 3. The Labute approximate surface area is 157 Å². The standard InChI is InChI=1S/C23H30N2O/c1-3-4-7-16-20-21(24-26)17-22(18-12-8-5-9-13-18)25(2)23(20)19-14-10-6-11-15-19/h5-6,8-15,20,22-23,26H,3-4,7,16-17H2,1-2H3/b24-21-/t20-,22+,23+/m1/s1. The smallest absolute Gasteiger partial charge is 0.0639 e. The van der Waals surface area contributed by atoms with Gasteiger partial charge in [-0.15, -0.1) is 0 Å². The van der Waals surface area contributed by atoms with Crippen molar-refractivity contribution in [3.8, 4) is 0 Å². The van der Waals surface area contributed by atoms with E-state index in [9.17, 15) is 5.21 Å². The van der Waals surface area contributed by atoms with Gasteiger partial charge in [0.25, 0.3) is 0 Å². The molecule has 2 aromatic carbocycles. The molecule has 1 saturated heterocycles. The second-order valence-electron chi connectivity index (χ2n) is 7.35. The van der Waals surface area contributed by atoms with Gasteiger partial charge in [-0.05, 0) is 24.6 Å². The molecule has 1 N–H and O–H groups in total. The molecule has 0 unspecified atom stereocenters. The zero-order valence-electron chi connectivity index (χ0n) is 15.9. The number of rotatable bonds is 6. The highest BCUT2D eigenvalue weighted by Crippen LogP contribution is 2.44. The van der Waals surface area contributed by atoms with E-state index in [4.69, 9.17) is 0 Å². The Balaban J connectivity index is 1.97. The van der Waals surface area contributed by atoms with Crippen LogP contribution in [0.5, 0.6) is 0 Å². The fourth-order valence-electron chi connectivity index (χ4n) is 4.35. The number of benzene rings is 2. The lowest BCUT2D eigenvalue weighted by Gasteiger charge is -2.45. The van der Waals surface area contributed by atoms with Crippen LogP contribution in [0.2, 0.25) is 0 Å². The monoisotopic (exact) mass is 350 g/mol. The molecule has 1 heterocycles. The molecule has 0 radical (unpaired) electrons. The number of nitrogens with zero attached hydrogens (tertiary/aromatic N) is 2. The largest absolute Gasteiger partial charge is 0.411 e. The molecule has 0 aromatic heterocycles. The molecule has 0 amide bonds. The second-order valence-corrected chi connectivity index (χ2v) is 7.35. The molecule has 138 valence electrons. The van der Waals surface area contributed by atoms with Crippen molar-refractivity contribution in [2.75, 3.05) is 7.05 Å². The Kier molecular flexibility index (Phi) is 6.45. The van der Waals surface area contributed by atoms with Gasteiger partial charge >= 0.3 is 0 Å². The van der Waals surface area contributed by atoms with Gasteiger partial charge in [-0.1, -0.05) is 92.0 Å². The third-order valence-corrected chi connectivity index (χ3v) is 5.71. The molecule has 1 aliphatic rings. The van der Waals surface area contributed by atoms with Gasteiger partial charge in [0.1, 0.15) is 0 Å². The summed E-state index contributed by atoms with van der Waals surface area (Å²) in [5.41, 5.74) is 3.53. The summed E-state index contributed by atoms with van der Waals surface area (Å²) in [6, 6.07) is 21.7. The first kappa shape index (κ1) is 18.7. The van der Waals surface area contributed by atoms with E-state index in [-0.39, 0.29) is 18.0 Å². The van der Waals surface area contributed by atoms with E-state index in [0.29, 0.717) is 0 Å². The van der Waals surface area contributed by atoms with Crippen LogP contribution in [0.15, 0.2) is 65.8 Å². The van der Waals surface area contributed by atoms with Crippen LogP contribution < -0.4 is 0 Å². The molecule has 2 aromatic rings. The first-order valence-corrected chi connectivity index (χ1v) is 9.79. The van der Waals surface area contributed by atoms with Gasteiger partial charge in [-0.3, -0.25) is 4.90 Å². The summed E-state index contributed by atoms with van der Waals surface area (Å²) < 4.78 is 0. The Morgan fingerprint density at radius 1 is 0.962 bits per heavy atom. The van der Waals surface area contributed by atoms with E-state index in [2.05, 4.69) is 84.7 Å². The Bertz CT molecular complexity index is 699. The lowest BCUT2D eigenvalue weighted by atomic mass is 9.76. The van der Waals surface area contributed by atoms with Crippen LogP contribution >= 0.6 is 0 Å². The van der Waals surface area contributed by atoms with Crippen molar-refractivity contribution < 1.29 is 5.21 Å². The van der Waals surface area contributed by atoms with E-state index in [0.717, 1.165) is 18.6 Å². The van der Waals surface area contributed by atoms with Crippen LogP contribution in [0, 0.1) is 5.92 Å². The summed E-state index contributed by atoms with van der Waals surface area (Å²) >= 11 is 0. The van der Waals surface area contributed by atoms with Gasteiger partial charge in [0.15, 0.2) is 0 Å². The van der Waals surface area contributed by atoms with Gasteiger partial charge in [-0.2, -0.15) is 0 Å². The van der Waals surface area contributed by atoms with Crippen molar-refractivity contribution in [2.45, 2.75) is 51.1 Å². The fourth-order valence-corrected chi connectivity index (χ4v) is 4.35.